The van der Waals surface area contributed by atoms with Gasteiger partial charge in [-0.3, -0.25) is 4.79 Å². The number of piperidine rings is 1. The molecule has 1 fully saturated rings. The highest BCUT2D eigenvalue weighted by molar-refractivity contribution is 5.79. The van der Waals surface area contributed by atoms with E-state index in [0.717, 1.165) is 38.9 Å². The van der Waals surface area contributed by atoms with Crippen LogP contribution in [-0.2, 0) is 16.6 Å². The molecule has 2 aromatic carbocycles. The summed E-state index contributed by atoms with van der Waals surface area (Å²) in [6.45, 7) is 3.31. The van der Waals surface area contributed by atoms with Crippen molar-refractivity contribution in [2.24, 2.45) is 5.92 Å². The van der Waals surface area contributed by atoms with Crippen LogP contribution in [0.15, 0.2) is 60.7 Å². The maximum atomic E-state index is 13.3. The van der Waals surface area contributed by atoms with Gasteiger partial charge in [0, 0.05) is 31.6 Å². The highest BCUT2D eigenvalue weighted by Crippen LogP contribution is 2.35. The first-order valence-corrected chi connectivity index (χ1v) is 10.4. The number of carbonyl (C=O) groups is 1. The van der Waals surface area contributed by atoms with Crippen molar-refractivity contribution in [2.45, 2.75) is 24.7 Å². The molecule has 0 aliphatic carbocycles. The summed E-state index contributed by atoms with van der Waals surface area (Å²) in [4.78, 5) is 15.4. The van der Waals surface area contributed by atoms with Crippen LogP contribution < -0.4 is 10.6 Å². The fraction of sp³-hybridized carbons (Fsp3) is 0.458. The lowest BCUT2D eigenvalue weighted by Gasteiger charge is -2.43. The fourth-order valence-corrected chi connectivity index (χ4v) is 4.50. The van der Waals surface area contributed by atoms with Gasteiger partial charge in [-0.05, 0) is 44.5 Å². The van der Waals surface area contributed by atoms with E-state index in [1.807, 2.05) is 32.3 Å². The molecule has 1 aliphatic rings. The minimum atomic E-state index is -0.0130. The minimum Gasteiger partial charge on any atom is -0.342 e. The van der Waals surface area contributed by atoms with Gasteiger partial charge in [0.15, 0.2) is 0 Å². The Hall–Kier alpha value is -2.17. The Morgan fingerprint density at radius 3 is 2.14 bits per heavy atom. The van der Waals surface area contributed by atoms with Crippen LogP contribution in [0.2, 0.25) is 0 Å². The largest absolute Gasteiger partial charge is 0.342 e. The number of hydrogen-bond acceptors (Lipinski definition) is 3. The minimum absolute atomic E-state index is 0.0130. The lowest BCUT2D eigenvalue weighted by atomic mass is 9.72. The topological polar surface area (TPSA) is 44.4 Å². The van der Waals surface area contributed by atoms with Gasteiger partial charge in [-0.25, -0.2) is 0 Å². The lowest BCUT2D eigenvalue weighted by molar-refractivity contribution is -0.137. The zero-order valence-electron chi connectivity index (χ0n) is 17.2. The Labute approximate surface area is 169 Å². The summed E-state index contributed by atoms with van der Waals surface area (Å²) in [5.41, 5.74) is 2.72. The number of nitrogens with one attached hydrogen (secondary N) is 2. The third-order valence-electron chi connectivity index (χ3n) is 6.06. The molecule has 0 bridgehead atoms. The van der Waals surface area contributed by atoms with E-state index in [4.69, 9.17) is 0 Å². The number of nitrogens with zero attached hydrogens (tertiary/aromatic N) is 1. The molecule has 150 valence electrons. The summed E-state index contributed by atoms with van der Waals surface area (Å²) in [5.74, 6) is 0.269. The van der Waals surface area contributed by atoms with Crippen molar-refractivity contribution in [3.05, 3.63) is 71.8 Å². The molecule has 1 aliphatic heterocycles. The van der Waals surface area contributed by atoms with E-state index in [2.05, 4.69) is 58.0 Å². The molecule has 0 saturated carbocycles. The summed E-state index contributed by atoms with van der Waals surface area (Å²) in [6.07, 6.45) is 2.79. The third-order valence-corrected chi connectivity index (χ3v) is 6.06. The Morgan fingerprint density at radius 1 is 0.964 bits per heavy atom. The SMILES string of the molecule is CNCC(Cc1ccccc1)C(=O)N1CCC(CNC)(c2ccccc2)CC1. The number of likely N-dealkylation sites (N-methyl/N-ethyl adjacent to an activating group) is 1. The molecule has 4 heteroatoms. The van der Waals surface area contributed by atoms with Crippen LogP contribution in [0.1, 0.15) is 24.0 Å². The molecule has 1 amide bonds. The summed E-state index contributed by atoms with van der Waals surface area (Å²) in [5, 5.41) is 6.60. The molecule has 2 aromatic rings. The van der Waals surface area contributed by atoms with Gasteiger partial charge in [0.25, 0.3) is 0 Å². The van der Waals surface area contributed by atoms with Crippen LogP contribution in [0.25, 0.3) is 0 Å². The Kier molecular flexibility index (Phi) is 7.24. The summed E-state index contributed by atoms with van der Waals surface area (Å²) in [6, 6.07) is 21.1. The number of hydrogen-bond donors (Lipinski definition) is 2. The number of rotatable bonds is 8. The molecule has 0 spiro atoms. The lowest BCUT2D eigenvalue weighted by Crippen LogP contribution is -2.51. The average Bonchev–Trinajstić information content (AvgIpc) is 2.75. The van der Waals surface area contributed by atoms with E-state index in [1.54, 1.807) is 0 Å². The second-order valence-electron chi connectivity index (χ2n) is 7.95. The Bertz CT molecular complexity index is 724. The molecule has 1 heterocycles. The first-order valence-electron chi connectivity index (χ1n) is 10.4. The van der Waals surface area contributed by atoms with Crippen molar-refractivity contribution >= 4 is 5.91 Å². The molecule has 28 heavy (non-hydrogen) atoms. The Morgan fingerprint density at radius 2 is 1.57 bits per heavy atom. The van der Waals surface area contributed by atoms with Crippen LogP contribution in [0.3, 0.4) is 0 Å². The van der Waals surface area contributed by atoms with Crippen molar-refractivity contribution in [1.29, 1.82) is 0 Å². The van der Waals surface area contributed by atoms with E-state index in [0.29, 0.717) is 6.54 Å². The van der Waals surface area contributed by atoms with E-state index in [9.17, 15) is 4.79 Å². The van der Waals surface area contributed by atoms with Gasteiger partial charge in [0.05, 0.1) is 5.92 Å². The molecule has 1 saturated heterocycles. The summed E-state index contributed by atoms with van der Waals surface area (Å²) >= 11 is 0. The van der Waals surface area contributed by atoms with Gasteiger partial charge in [-0.1, -0.05) is 60.7 Å². The van der Waals surface area contributed by atoms with Crippen molar-refractivity contribution < 1.29 is 4.79 Å². The molecule has 3 rings (SSSR count). The normalized spacial score (nSPS) is 17.3. The molecule has 0 radical (unpaired) electrons. The van der Waals surface area contributed by atoms with E-state index in [-0.39, 0.29) is 17.2 Å². The summed E-state index contributed by atoms with van der Waals surface area (Å²) in [7, 11) is 3.94. The standard InChI is InChI=1S/C24H33N3O/c1-25-18-21(17-20-9-5-3-6-10-20)23(28)27-15-13-24(14-16-27,19-26-2)22-11-7-4-8-12-22/h3-12,21,25-26H,13-19H2,1-2H3. The quantitative estimate of drug-likeness (QED) is 0.741. The second kappa shape index (κ2) is 9.85. The van der Waals surface area contributed by atoms with Gasteiger partial charge >= 0.3 is 0 Å². The van der Waals surface area contributed by atoms with Gasteiger partial charge < -0.3 is 15.5 Å². The van der Waals surface area contributed by atoms with E-state index in [1.165, 1.54) is 11.1 Å². The van der Waals surface area contributed by atoms with E-state index >= 15 is 0 Å². The molecule has 2 N–H and O–H groups in total. The summed E-state index contributed by atoms with van der Waals surface area (Å²) < 4.78 is 0. The van der Waals surface area contributed by atoms with Crippen molar-refractivity contribution in [1.82, 2.24) is 15.5 Å². The van der Waals surface area contributed by atoms with Gasteiger partial charge in [0.1, 0.15) is 0 Å². The predicted molar refractivity (Wildman–Crippen MR) is 115 cm³/mol. The van der Waals surface area contributed by atoms with Crippen molar-refractivity contribution in [3.8, 4) is 0 Å². The smallest absolute Gasteiger partial charge is 0.227 e. The third kappa shape index (κ3) is 4.81. The van der Waals surface area contributed by atoms with Gasteiger partial charge in [-0.15, -0.1) is 0 Å². The van der Waals surface area contributed by atoms with Crippen LogP contribution in [0, 0.1) is 5.92 Å². The number of benzene rings is 2. The van der Waals surface area contributed by atoms with Crippen LogP contribution in [0.5, 0.6) is 0 Å². The molecular formula is C24H33N3O. The zero-order valence-corrected chi connectivity index (χ0v) is 17.2. The maximum Gasteiger partial charge on any atom is 0.227 e. The van der Waals surface area contributed by atoms with Crippen LogP contribution in [0.4, 0.5) is 0 Å². The van der Waals surface area contributed by atoms with E-state index < -0.39 is 0 Å². The highest BCUT2D eigenvalue weighted by Gasteiger charge is 2.38. The van der Waals surface area contributed by atoms with Crippen molar-refractivity contribution in [2.75, 3.05) is 40.3 Å². The molecule has 1 atom stereocenters. The van der Waals surface area contributed by atoms with Gasteiger partial charge in [0.2, 0.25) is 5.91 Å². The molecule has 4 nitrogen and oxygen atoms in total. The number of amides is 1. The average molecular weight is 380 g/mol. The molecule has 0 aromatic heterocycles. The van der Waals surface area contributed by atoms with Crippen molar-refractivity contribution in [3.63, 3.8) is 0 Å². The first-order chi connectivity index (χ1) is 13.7. The fourth-order valence-electron chi connectivity index (χ4n) is 4.50. The molecular weight excluding hydrogens is 346 g/mol. The first kappa shape index (κ1) is 20.6. The predicted octanol–water partition coefficient (Wildman–Crippen LogP) is 2.84. The maximum absolute atomic E-state index is 13.3. The second-order valence-corrected chi connectivity index (χ2v) is 7.95. The number of carbonyl (C=O) groups excluding carboxylic acids is 1. The van der Waals surface area contributed by atoms with Gasteiger partial charge in [-0.2, -0.15) is 0 Å². The number of likely N-dealkylation sites (tertiary alicyclic amines) is 1. The monoisotopic (exact) mass is 379 g/mol. The Balaban J connectivity index is 1.68. The highest BCUT2D eigenvalue weighted by atomic mass is 16.2. The zero-order chi connectivity index (χ0) is 19.8. The van der Waals surface area contributed by atoms with Crippen LogP contribution >= 0.6 is 0 Å². The van der Waals surface area contributed by atoms with Crippen LogP contribution in [-0.4, -0.2) is 51.1 Å². The molecule has 1 unspecified atom stereocenters.